The smallest absolute Gasteiger partial charge is 0.157 e. The first kappa shape index (κ1) is 11.0. The molecule has 0 radical (unpaired) electrons. The predicted octanol–water partition coefficient (Wildman–Crippen LogP) is 1.59. The zero-order chi connectivity index (χ0) is 11.1. The summed E-state index contributed by atoms with van der Waals surface area (Å²) in [5, 5.41) is 8.28. The van der Waals surface area contributed by atoms with Crippen molar-refractivity contribution in [2.75, 3.05) is 5.84 Å². The Morgan fingerprint density at radius 2 is 1.14 bits per heavy atom. The molecule has 14 heavy (non-hydrogen) atoms. The zero-order valence-corrected chi connectivity index (χ0v) is 9.92. The molecule has 1 aromatic rings. The van der Waals surface area contributed by atoms with Crippen molar-refractivity contribution < 1.29 is 0 Å². The molecule has 1 aromatic heterocycles. The minimum absolute atomic E-state index is 0.0642. The molecular formula is C10H20N4. The van der Waals surface area contributed by atoms with Gasteiger partial charge in [-0.1, -0.05) is 41.5 Å². The molecule has 0 fully saturated rings. The summed E-state index contributed by atoms with van der Waals surface area (Å²) in [6, 6.07) is 0. The first-order chi connectivity index (χ1) is 6.14. The third kappa shape index (κ3) is 1.89. The molecule has 0 aliphatic carbocycles. The second-order valence-corrected chi connectivity index (χ2v) is 5.72. The normalized spacial score (nSPS) is 13.3. The van der Waals surface area contributed by atoms with Gasteiger partial charge >= 0.3 is 0 Å². The van der Waals surface area contributed by atoms with Crippen molar-refractivity contribution in [3.63, 3.8) is 0 Å². The van der Waals surface area contributed by atoms with Gasteiger partial charge in [-0.15, -0.1) is 10.2 Å². The number of nitrogen functional groups attached to an aromatic ring is 1. The van der Waals surface area contributed by atoms with Crippen molar-refractivity contribution in [3.05, 3.63) is 11.6 Å². The summed E-state index contributed by atoms with van der Waals surface area (Å²) in [4.78, 5) is 0. The van der Waals surface area contributed by atoms with Crippen LogP contribution >= 0.6 is 0 Å². The molecule has 80 valence electrons. The molecule has 0 spiro atoms. The van der Waals surface area contributed by atoms with E-state index < -0.39 is 0 Å². The van der Waals surface area contributed by atoms with Crippen LogP contribution in [0.3, 0.4) is 0 Å². The average molecular weight is 196 g/mol. The van der Waals surface area contributed by atoms with Gasteiger partial charge < -0.3 is 5.84 Å². The van der Waals surface area contributed by atoms with Gasteiger partial charge in [-0.3, -0.25) is 0 Å². The van der Waals surface area contributed by atoms with Gasteiger partial charge in [-0.25, -0.2) is 4.68 Å². The quantitative estimate of drug-likeness (QED) is 0.641. The van der Waals surface area contributed by atoms with Crippen LogP contribution in [0.5, 0.6) is 0 Å². The van der Waals surface area contributed by atoms with Gasteiger partial charge in [-0.2, -0.15) is 0 Å². The second-order valence-electron chi connectivity index (χ2n) is 5.72. The van der Waals surface area contributed by atoms with Gasteiger partial charge in [-0.05, 0) is 0 Å². The molecule has 0 saturated carbocycles. The lowest BCUT2D eigenvalue weighted by Crippen LogP contribution is -2.29. The van der Waals surface area contributed by atoms with Gasteiger partial charge in [0.25, 0.3) is 0 Å². The van der Waals surface area contributed by atoms with E-state index in [0.29, 0.717) is 0 Å². The van der Waals surface area contributed by atoms with Crippen molar-refractivity contribution in [2.24, 2.45) is 0 Å². The molecule has 0 amide bonds. The highest BCUT2D eigenvalue weighted by atomic mass is 15.4. The number of nitrogens with zero attached hydrogens (tertiary/aromatic N) is 3. The topological polar surface area (TPSA) is 56.7 Å². The molecule has 4 nitrogen and oxygen atoms in total. The molecule has 0 atom stereocenters. The first-order valence-corrected chi connectivity index (χ1v) is 4.85. The van der Waals surface area contributed by atoms with E-state index in [0.717, 1.165) is 11.6 Å². The fourth-order valence-electron chi connectivity index (χ4n) is 1.31. The number of hydrogen-bond acceptors (Lipinski definition) is 3. The Bertz CT molecular complexity index is 293. The molecule has 0 bridgehead atoms. The highest BCUT2D eigenvalue weighted by Gasteiger charge is 2.27. The minimum Gasteiger partial charge on any atom is -0.336 e. The number of aromatic nitrogens is 3. The van der Waals surface area contributed by atoms with Gasteiger partial charge in [0.1, 0.15) is 0 Å². The molecule has 0 unspecified atom stereocenters. The largest absolute Gasteiger partial charge is 0.336 e. The minimum atomic E-state index is -0.0642. The third-order valence-corrected chi connectivity index (χ3v) is 2.04. The molecule has 4 heteroatoms. The lowest BCUT2D eigenvalue weighted by molar-refractivity contribution is 0.497. The number of nitrogens with two attached hydrogens (primary N) is 1. The second kappa shape index (κ2) is 2.97. The van der Waals surface area contributed by atoms with Crippen molar-refractivity contribution in [3.8, 4) is 0 Å². The van der Waals surface area contributed by atoms with Crippen LogP contribution in [0.1, 0.15) is 53.2 Å². The highest BCUT2D eigenvalue weighted by molar-refractivity contribution is 5.11. The first-order valence-electron chi connectivity index (χ1n) is 4.85. The van der Waals surface area contributed by atoms with Gasteiger partial charge in [0, 0.05) is 10.8 Å². The molecule has 1 heterocycles. The Balaban J connectivity index is 3.23. The molecule has 0 aliphatic rings. The van der Waals surface area contributed by atoms with E-state index in [9.17, 15) is 0 Å². The third-order valence-electron chi connectivity index (χ3n) is 2.04. The van der Waals surface area contributed by atoms with Crippen LogP contribution in [-0.4, -0.2) is 14.9 Å². The monoisotopic (exact) mass is 196 g/mol. The van der Waals surface area contributed by atoms with Crippen LogP contribution < -0.4 is 5.84 Å². The summed E-state index contributed by atoms with van der Waals surface area (Å²) in [5.74, 6) is 7.61. The standard InChI is InChI=1S/C10H20N4/c1-9(2,3)7-12-13-8(14(7)11)10(4,5)6/h11H2,1-6H3. The van der Waals surface area contributed by atoms with E-state index in [4.69, 9.17) is 5.84 Å². The Hall–Kier alpha value is -1.06. The van der Waals surface area contributed by atoms with E-state index in [1.54, 1.807) is 4.68 Å². The van der Waals surface area contributed by atoms with Crippen molar-refractivity contribution in [2.45, 2.75) is 52.4 Å². The summed E-state index contributed by atoms with van der Waals surface area (Å²) in [6.07, 6.45) is 0. The predicted molar refractivity (Wildman–Crippen MR) is 57.6 cm³/mol. The van der Waals surface area contributed by atoms with Crippen molar-refractivity contribution in [1.82, 2.24) is 14.9 Å². The molecule has 0 aliphatic heterocycles. The highest BCUT2D eigenvalue weighted by Crippen LogP contribution is 2.24. The van der Waals surface area contributed by atoms with Crippen molar-refractivity contribution >= 4 is 0 Å². The van der Waals surface area contributed by atoms with Crippen LogP contribution in [0, 0.1) is 0 Å². The van der Waals surface area contributed by atoms with Crippen LogP contribution in [0.4, 0.5) is 0 Å². The molecule has 0 aromatic carbocycles. The molecule has 1 rings (SSSR count). The fourth-order valence-corrected chi connectivity index (χ4v) is 1.31. The summed E-state index contributed by atoms with van der Waals surface area (Å²) in [5.41, 5.74) is -0.128. The summed E-state index contributed by atoms with van der Waals surface area (Å²) >= 11 is 0. The van der Waals surface area contributed by atoms with Crippen LogP contribution in [0.15, 0.2) is 0 Å². The van der Waals surface area contributed by atoms with Crippen LogP contribution in [-0.2, 0) is 10.8 Å². The SMILES string of the molecule is CC(C)(C)c1nnc(C(C)(C)C)n1N. The van der Waals surface area contributed by atoms with E-state index in [2.05, 4.69) is 51.7 Å². The summed E-state index contributed by atoms with van der Waals surface area (Å²) in [7, 11) is 0. The lowest BCUT2D eigenvalue weighted by Gasteiger charge is -2.20. The van der Waals surface area contributed by atoms with E-state index in [1.807, 2.05) is 0 Å². The van der Waals surface area contributed by atoms with Gasteiger partial charge in [0.2, 0.25) is 0 Å². The van der Waals surface area contributed by atoms with Gasteiger partial charge in [0.15, 0.2) is 11.6 Å². The average Bonchev–Trinajstić information content (AvgIpc) is 2.26. The van der Waals surface area contributed by atoms with E-state index >= 15 is 0 Å². The van der Waals surface area contributed by atoms with E-state index in [1.165, 1.54) is 0 Å². The molecule has 2 N–H and O–H groups in total. The maximum atomic E-state index is 5.97. The fraction of sp³-hybridized carbons (Fsp3) is 0.800. The summed E-state index contributed by atoms with van der Waals surface area (Å²) in [6.45, 7) is 12.5. The molecule has 0 saturated heterocycles. The lowest BCUT2D eigenvalue weighted by atomic mass is 9.94. The maximum absolute atomic E-state index is 5.97. The maximum Gasteiger partial charge on any atom is 0.157 e. The Morgan fingerprint density at radius 3 is 1.29 bits per heavy atom. The molecular weight excluding hydrogens is 176 g/mol. The van der Waals surface area contributed by atoms with Crippen LogP contribution in [0.2, 0.25) is 0 Å². The summed E-state index contributed by atoms with van der Waals surface area (Å²) < 4.78 is 1.61. The van der Waals surface area contributed by atoms with Crippen LogP contribution in [0.25, 0.3) is 0 Å². The van der Waals surface area contributed by atoms with Gasteiger partial charge in [0.05, 0.1) is 0 Å². The van der Waals surface area contributed by atoms with E-state index in [-0.39, 0.29) is 10.8 Å². The Morgan fingerprint density at radius 1 is 0.857 bits per heavy atom. The Labute approximate surface area is 85.5 Å². The Kier molecular flexibility index (Phi) is 2.34. The number of rotatable bonds is 0. The number of hydrogen-bond donors (Lipinski definition) is 1. The zero-order valence-electron chi connectivity index (χ0n) is 9.92. The van der Waals surface area contributed by atoms with Crippen molar-refractivity contribution in [1.29, 1.82) is 0 Å².